The topological polar surface area (TPSA) is 93.4 Å². The number of hydrogen-bond donors (Lipinski definition) is 2. The second-order valence-corrected chi connectivity index (χ2v) is 8.08. The fourth-order valence-electron chi connectivity index (χ4n) is 4.13. The number of carbonyl (C=O) groups excluding carboxylic acids is 1. The van der Waals surface area contributed by atoms with Crippen LogP contribution in [0.4, 0.5) is 5.95 Å². The Balaban J connectivity index is 0.00000240. The number of nitrogens with zero attached hydrogens (tertiary/aromatic N) is 3. The molecule has 0 radical (unpaired) electrons. The molecule has 1 amide bonds. The summed E-state index contributed by atoms with van der Waals surface area (Å²) in [5, 5.41) is 3.32. The number of hydrogen-bond acceptors (Lipinski definition) is 6. The van der Waals surface area contributed by atoms with E-state index in [0.717, 1.165) is 48.1 Å². The molecule has 3 rings (SSSR count). The lowest BCUT2D eigenvalue weighted by Crippen LogP contribution is -2.45. The van der Waals surface area contributed by atoms with E-state index >= 15 is 0 Å². The van der Waals surface area contributed by atoms with Crippen molar-refractivity contribution < 1.29 is 9.53 Å². The van der Waals surface area contributed by atoms with Crippen LogP contribution in [0.3, 0.4) is 0 Å². The molecule has 2 aromatic rings. The number of methoxy groups -OCH3 is 1. The molecule has 0 spiro atoms. The molecule has 9 heteroatoms. The van der Waals surface area contributed by atoms with E-state index in [2.05, 4.69) is 21.4 Å². The van der Waals surface area contributed by atoms with Crippen molar-refractivity contribution in [2.75, 3.05) is 33.2 Å². The standard InChI is InChI=1S/C22H31N5O2.2ClH/c1-24-18-7-9-22(10-8-18,20(23)28)12-16-11-15(5-6-19(16)29-4)17-13-25-21(26-14-17)27(2)3;;/h5-6,11,13-14,18,24H,7-10,12H2,1-4H3,(H2,23,28);2*1H. The molecular weight excluding hydrogens is 437 g/mol. The maximum Gasteiger partial charge on any atom is 0.224 e. The maximum atomic E-state index is 12.5. The quantitative estimate of drug-likeness (QED) is 0.646. The Bertz CT molecular complexity index is 853. The Kier molecular flexibility index (Phi) is 10.0. The van der Waals surface area contributed by atoms with Crippen LogP contribution in [-0.4, -0.2) is 50.2 Å². The van der Waals surface area contributed by atoms with Crippen molar-refractivity contribution >= 4 is 36.7 Å². The average molecular weight is 470 g/mol. The van der Waals surface area contributed by atoms with Crippen LogP contribution in [-0.2, 0) is 11.2 Å². The number of carbonyl (C=O) groups is 1. The molecule has 7 nitrogen and oxygen atoms in total. The fourth-order valence-corrected chi connectivity index (χ4v) is 4.13. The predicted molar refractivity (Wildman–Crippen MR) is 129 cm³/mol. The van der Waals surface area contributed by atoms with Crippen LogP contribution in [0.5, 0.6) is 5.75 Å². The zero-order chi connectivity index (χ0) is 21.0. The number of anilines is 1. The zero-order valence-corrected chi connectivity index (χ0v) is 20.2. The van der Waals surface area contributed by atoms with Gasteiger partial charge < -0.3 is 20.7 Å². The van der Waals surface area contributed by atoms with Crippen molar-refractivity contribution in [2.24, 2.45) is 11.1 Å². The summed E-state index contributed by atoms with van der Waals surface area (Å²) in [6, 6.07) is 6.45. The van der Waals surface area contributed by atoms with E-state index in [1.165, 1.54) is 0 Å². The summed E-state index contributed by atoms with van der Waals surface area (Å²) in [6.07, 6.45) is 7.66. The summed E-state index contributed by atoms with van der Waals surface area (Å²) < 4.78 is 5.59. The van der Waals surface area contributed by atoms with Gasteiger partial charge in [-0.2, -0.15) is 0 Å². The average Bonchev–Trinajstić information content (AvgIpc) is 2.74. The van der Waals surface area contributed by atoms with Crippen molar-refractivity contribution in [2.45, 2.75) is 38.1 Å². The molecule has 0 unspecified atom stereocenters. The number of nitrogens with two attached hydrogens (primary N) is 1. The summed E-state index contributed by atoms with van der Waals surface area (Å²) in [4.78, 5) is 23.1. The molecule has 0 aliphatic heterocycles. The van der Waals surface area contributed by atoms with Gasteiger partial charge in [-0.1, -0.05) is 6.07 Å². The summed E-state index contributed by atoms with van der Waals surface area (Å²) in [5.41, 5.74) is 8.27. The normalized spacial score (nSPS) is 20.2. The molecule has 1 fully saturated rings. The monoisotopic (exact) mass is 469 g/mol. The lowest BCUT2D eigenvalue weighted by atomic mass is 9.68. The Morgan fingerprint density at radius 1 is 1.19 bits per heavy atom. The van der Waals surface area contributed by atoms with Gasteiger partial charge in [0.25, 0.3) is 0 Å². The highest BCUT2D eigenvalue weighted by Crippen LogP contribution is 2.41. The molecule has 1 aliphatic rings. The number of aromatic nitrogens is 2. The van der Waals surface area contributed by atoms with Gasteiger partial charge in [-0.25, -0.2) is 9.97 Å². The molecule has 0 saturated heterocycles. The zero-order valence-electron chi connectivity index (χ0n) is 18.6. The van der Waals surface area contributed by atoms with Crippen LogP contribution in [0.25, 0.3) is 11.1 Å². The van der Waals surface area contributed by atoms with Gasteiger partial charge in [-0.15, -0.1) is 24.8 Å². The van der Waals surface area contributed by atoms with E-state index in [9.17, 15) is 4.79 Å². The number of nitrogens with one attached hydrogen (secondary N) is 1. The van der Waals surface area contributed by atoms with Gasteiger partial charge in [0.15, 0.2) is 0 Å². The molecule has 3 N–H and O–H groups in total. The number of ether oxygens (including phenoxy) is 1. The largest absolute Gasteiger partial charge is 0.496 e. The summed E-state index contributed by atoms with van der Waals surface area (Å²) in [5.74, 6) is 1.21. The van der Waals surface area contributed by atoms with Crippen molar-refractivity contribution in [1.82, 2.24) is 15.3 Å². The molecule has 1 heterocycles. The lowest BCUT2D eigenvalue weighted by Gasteiger charge is -2.38. The molecule has 1 aromatic carbocycles. The third-order valence-electron chi connectivity index (χ3n) is 6.05. The van der Waals surface area contributed by atoms with Crippen molar-refractivity contribution in [3.63, 3.8) is 0 Å². The maximum absolute atomic E-state index is 12.5. The number of primary amides is 1. The van der Waals surface area contributed by atoms with Gasteiger partial charge in [-0.3, -0.25) is 4.79 Å². The Hall–Kier alpha value is -2.09. The lowest BCUT2D eigenvalue weighted by molar-refractivity contribution is -0.129. The van der Waals surface area contributed by atoms with Gasteiger partial charge in [0.2, 0.25) is 11.9 Å². The summed E-state index contributed by atoms with van der Waals surface area (Å²) in [7, 11) is 7.44. The molecule has 1 aliphatic carbocycles. The van der Waals surface area contributed by atoms with Crippen LogP contribution in [0.2, 0.25) is 0 Å². The van der Waals surface area contributed by atoms with Gasteiger partial charge >= 0.3 is 0 Å². The highest BCUT2D eigenvalue weighted by Gasteiger charge is 2.40. The first kappa shape index (κ1) is 26.9. The second-order valence-electron chi connectivity index (χ2n) is 8.08. The van der Waals surface area contributed by atoms with E-state index in [0.29, 0.717) is 18.4 Å². The van der Waals surface area contributed by atoms with E-state index < -0.39 is 5.41 Å². The molecule has 0 atom stereocenters. The van der Waals surface area contributed by atoms with Crippen LogP contribution in [0, 0.1) is 5.41 Å². The predicted octanol–water partition coefficient (Wildman–Crippen LogP) is 3.24. The van der Waals surface area contributed by atoms with Crippen LogP contribution >= 0.6 is 24.8 Å². The minimum Gasteiger partial charge on any atom is -0.496 e. The third kappa shape index (κ3) is 5.99. The van der Waals surface area contributed by atoms with E-state index in [1.54, 1.807) is 7.11 Å². The molecular formula is C22H33Cl2N5O2. The fraction of sp³-hybridized carbons (Fsp3) is 0.500. The summed E-state index contributed by atoms with van der Waals surface area (Å²) >= 11 is 0. The number of halogens is 2. The Morgan fingerprint density at radius 3 is 2.29 bits per heavy atom. The molecule has 172 valence electrons. The van der Waals surface area contributed by atoms with Gasteiger partial charge in [0.1, 0.15) is 5.75 Å². The highest BCUT2D eigenvalue weighted by molar-refractivity contribution is 5.85. The number of benzene rings is 1. The third-order valence-corrected chi connectivity index (χ3v) is 6.05. The SMILES string of the molecule is CNC1CCC(Cc2cc(-c3cnc(N(C)C)nc3)ccc2OC)(C(N)=O)CC1.Cl.Cl. The smallest absolute Gasteiger partial charge is 0.224 e. The Labute approximate surface area is 197 Å². The first-order valence-corrected chi connectivity index (χ1v) is 10.0. The minimum atomic E-state index is -0.537. The van der Waals surface area contributed by atoms with Crippen LogP contribution in [0.1, 0.15) is 31.2 Å². The molecule has 1 aromatic heterocycles. The van der Waals surface area contributed by atoms with E-state index in [4.69, 9.17) is 10.5 Å². The van der Waals surface area contributed by atoms with Crippen molar-refractivity contribution in [3.05, 3.63) is 36.2 Å². The van der Waals surface area contributed by atoms with Crippen LogP contribution < -0.4 is 20.7 Å². The van der Waals surface area contributed by atoms with Crippen molar-refractivity contribution in [1.29, 1.82) is 0 Å². The first-order valence-electron chi connectivity index (χ1n) is 10.0. The molecule has 1 saturated carbocycles. The van der Waals surface area contributed by atoms with Gasteiger partial charge in [0.05, 0.1) is 12.5 Å². The summed E-state index contributed by atoms with van der Waals surface area (Å²) in [6.45, 7) is 0. The van der Waals surface area contributed by atoms with Gasteiger partial charge in [0, 0.05) is 38.1 Å². The minimum absolute atomic E-state index is 0. The number of rotatable bonds is 7. The number of amides is 1. The molecule has 0 bridgehead atoms. The second kappa shape index (κ2) is 11.5. The van der Waals surface area contributed by atoms with Crippen molar-refractivity contribution in [3.8, 4) is 16.9 Å². The molecule has 31 heavy (non-hydrogen) atoms. The van der Waals surface area contributed by atoms with E-state index in [-0.39, 0.29) is 30.7 Å². The van der Waals surface area contributed by atoms with Crippen LogP contribution in [0.15, 0.2) is 30.6 Å². The highest BCUT2D eigenvalue weighted by atomic mass is 35.5. The van der Waals surface area contributed by atoms with Gasteiger partial charge in [-0.05, 0) is 62.4 Å². The van der Waals surface area contributed by atoms with E-state index in [1.807, 2.05) is 50.6 Å². The Morgan fingerprint density at radius 2 is 1.81 bits per heavy atom. The first-order chi connectivity index (χ1) is 13.9.